The molecular weight excluding hydrogens is 198 g/mol. The van der Waals surface area contributed by atoms with Gasteiger partial charge in [-0.15, -0.1) is 0 Å². The third-order valence-corrected chi connectivity index (χ3v) is 2.87. The van der Waals surface area contributed by atoms with E-state index >= 15 is 0 Å². The van der Waals surface area contributed by atoms with Crippen LogP contribution in [-0.2, 0) is 6.54 Å². The Morgan fingerprint density at radius 2 is 2.00 bits per heavy atom. The molecule has 1 aromatic carbocycles. The number of hydrogen-bond donors (Lipinski definition) is 1. The van der Waals surface area contributed by atoms with Gasteiger partial charge in [0.2, 0.25) is 0 Å². The average Bonchev–Trinajstić information content (AvgIpc) is 2.61. The summed E-state index contributed by atoms with van der Waals surface area (Å²) < 4.78 is 2.14. The third kappa shape index (κ3) is 1.86. The predicted octanol–water partition coefficient (Wildman–Crippen LogP) is 2.21. The standard InChI is InChI=1S/C13H17N3/c1-10-11(2)16(9-15-10)13-7-5-4-6-12(13)8-14-3/h4-7,9,14H,8H2,1-3H3. The van der Waals surface area contributed by atoms with Crippen LogP contribution in [0, 0.1) is 13.8 Å². The first-order valence-corrected chi connectivity index (χ1v) is 5.47. The number of aryl methyl sites for hydroxylation is 1. The van der Waals surface area contributed by atoms with Gasteiger partial charge in [0.05, 0.1) is 17.7 Å². The Hall–Kier alpha value is -1.61. The summed E-state index contributed by atoms with van der Waals surface area (Å²) in [7, 11) is 1.96. The van der Waals surface area contributed by atoms with Gasteiger partial charge in [-0.25, -0.2) is 4.98 Å². The number of imidazole rings is 1. The van der Waals surface area contributed by atoms with Gasteiger partial charge in [0.1, 0.15) is 0 Å². The second kappa shape index (κ2) is 4.49. The van der Waals surface area contributed by atoms with Crippen LogP contribution in [0.15, 0.2) is 30.6 Å². The molecule has 1 aromatic heterocycles. The van der Waals surface area contributed by atoms with Gasteiger partial charge in [-0.1, -0.05) is 18.2 Å². The second-order valence-electron chi connectivity index (χ2n) is 3.94. The lowest BCUT2D eigenvalue weighted by Crippen LogP contribution is -2.09. The Labute approximate surface area is 96.1 Å². The van der Waals surface area contributed by atoms with Crippen molar-refractivity contribution in [2.45, 2.75) is 20.4 Å². The fraction of sp³-hybridized carbons (Fsp3) is 0.308. The fourth-order valence-electron chi connectivity index (χ4n) is 1.83. The van der Waals surface area contributed by atoms with E-state index in [4.69, 9.17) is 0 Å². The van der Waals surface area contributed by atoms with E-state index in [0.717, 1.165) is 12.2 Å². The molecule has 84 valence electrons. The SMILES string of the molecule is CNCc1ccccc1-n1cnc(C)c1C. The molecule has 0 unspecified atom stereocenters. The minimum absolute atomic E-state index is 0.868. The van der Waals surface area contributed by atoms with Crippen molar-refractivity contribution in [1.29, 1.82) is 0 Å². The van der Waals surface area contributed by atoms with Gasteiger partial charge in [-0.2, -0.15) is 0 Å². The van der Waals surface area contributed by atoms with Crippen LogP contribution < -0.4 is 5.32 Å². The Balaban J connectivity index is 2.51. The molecule has 2 aromatic rings. The van der Waals surface area contributed by atoms with E-state index in [9.17, 15) is 0 Å². The van der Waals surface area contributed by atoms with Gasteiger partial charge < -0.3 is 9.88 Å². The van der Waals surface area contributed by atoms with Crippen LogP contribution in [0.4, 0.5) is 0 Å². The quantitative estimate of drug-likeness (QED) is 0.850. The minimum Gasteiger partial charge on any atom is -0.316 e. The van der Waals surface area contributed by atoms with Crippen molar-refractivity contribution in [3.05, 3.63) is 47.5 Å². The van der Waals surface area contributed by atoms with Crippen molar-refractivity contribution in [3.63, 3.8) is 0 Å². The Morgan fingerprint density at radius 1 is 1.25 bits per heavy atom. The summed E-state index contributed by atoms with van der Waals surface area (Å²) in [6.45, 7) is 5.00. The molecule has 0 radical (unpaired) electrons. The van der Waals surface area contributed by atoms with Gasteiger partial charge in [0.25, 0.3) is 0 Å². The third-order valence-electron chi connectivity index (χ3n) is 2.87. The van der Waals surface area contributed by atoms with Crippen LogP contribution in [0.5, 0.6) is 0 Å². The molecule has 0 aliphatic rings. The first kappa shape index (κ1) is 10.9. The molecule has 0 aliphatic heterocycles. The Morgan fingerprint density at radius 3 is 2.62 bits per heavy atom. The van der Waals surface area contributed by atoms with E-state index in [-0.39, 0.29) is 0 Å². The summed E-state index contributed by atoms with van der Waals surface area (Å²) in [5.41, 5.74) is 4.77. The monoisotopic (exact) mass is 215 g/mol. The highest BCUT2D eigenvalue weighted by atomic mass is 15.1. The van der Waals surface area contributed by atoms with Crippen molar-refractivity contribution < 1.29 is 0 Å². The molecule has 0 aliphatic carbocycles. The van der Waals surface area contributed by atoms with Crippen molar-refractivity contribution in [1.82, 2.24) is 14.9 Å². The minimum atomic E-state index is 0.868. The molecule has 3 nitrogen and oxygen atoms in total. The maximum absolute atomic E-state index is 4.34. The van der Waals surface area contributed by atoms with E-state index < -0.39 is 0 Å². The molecule has 1 heterocycles. The second-order valence-corrected chi connectivity index (χ2v) is 3.94. The number of nitrogens with one attached hydrogen (secondary N) is 1. The average molecular weight is 215 g/mol. The number of nitrogens with zero attached hydrogens (tertiary/aromatic N) is 2. The largest absolute Gasteiger partial charge is 0.316 e. The van der Waals surface area contributed by atoms with Crippen LogP contribution in [0.1, 0.15) is 17.0 Å². The molecule has 0 atom stereocenters. The first-order valence-electron chi connectivity index (χ1n) is 5.47. The predicted molar refractivity (Wildman–Crippen MR) is 65.8 cm³/mol. The fourth-order valence-corrected chi connectivity index (χ4v) is 1.83. The lowest BCUT2D eigenvalue weighted by Gasteiger charge is -2.11. The molecule has 2 rings (SSSR count). The maximum atomic E-state index is 4.34. The van der Waals surface area contributed by atoms with Gasteiger partial charge in [-0.05, 0) is 32.5 Å². The highest BCUT2D eigenvalue weighted by Crippen LogP contribution is 2.17. The summed E-state index contributed by atoms with van der Waals surface area (Å²) in [6, 6.07) is 8.39. The molecule has 0 bridgehead atoms. The Kier molecular flexibility index (Phi) is 3.06. The molecule has 0 fully saturated rings. The summed E-state index contributed by atoms with van der Waals surface area (Å²) in [4.78, 5) is 4.34. The van der Waals surface area contributed by atoms with E-state index in [1.165, 1.54) is 16.9 Å². The zero-order valence-corrected chi connectivity index (χ0v) is 9.99. The van der Waals surface area contributed by atoms with Crippen molar-refractivity contribution in [2.24, 2.45) is 0 Å². The number of hydrogen-bond acceptors (Lipinski definition) is 2. The van der Waals surface area contributed by atoms with Crippen molar-refractivity contribution in [2.75, 3.05) is 7.05 Å². The van der Waals surface area contributed by atoms with Crippen LogP contribution in [0.25, 0.3) is 5.69 Å². The topological polar surface area (TPSA) is 29.9 Å². The molecule has 0 saturated heterocycles. The maximum Gasteiger partial charge on any atom is 0.0997 e. The van der Waals surface area contributed by atoms with Gasteiger partial charge in [0, 0.05) is 12.2 Å². The van der Waals surface area contributed by atoms with Gasteiger partial charge in [-0.3, -0.25) is 0 Å². The molecule has 0 saturated carbocycles. The normalized spacial score (nSPS) is 10.7. The zero-order chi connectivity index (χ0) is 11.5. The highest BCUT2D eigenvalue weighted by Gasteiger charge is 2.07. The lowest BCUT2D eigenvalue weighted by atomic mass is 10.1. The van der Waals surface area contributed by atoms with Crippen LogP contribution in [-0.4, -0.2) is 16.6 Å². The zero-order valence-electron chi connectivity index (χ0n) is 9.99. The summed E-state index contributed by atoms with van der Waals surface area (Å²) in [6.07, 6.45) is 1.89. The van der Waals surface area contributed by atoms with E-state index in [1.807, 2.05) is 20.3 Å². The molecule has 3 heteroatoms. The van der Waals surface area contributed by atoms with E-state index in [1.54, 1.807) is 0 Å². The summed E-state index contributed by atoms with van der Waals surface area (Å²) >= 11 is 0. The van der Waals surface area contributed by atoms with Crippen molar-refractivity contribution >= 4 is 0 Å². The van der Waals surface area contributed by atoms with Crippen LogP contribution in [0.3, 0.4) is 0 Å². The van der Waals surface area contributed by atoms with Crippen molar-refractivity contribution in [3.8, 4) is 5.69 Å². The Bertz CT molecular complexity index is 486. The van der Waals surface area contributed by atoms with E-state index in [0.29, 0.717) is 0 Å². The summed E-state index contributed by atoms with van der Waals surface area (Å²) in [5.74, 6) is 0. The van der Waals surface area contributed by atoms with Gasteiger partial charge in [0.15, 0.2) is 0 Å². The molecule has 0 amide bonds. The number of rotatable bonds is 3. The molecule has 1 N–H and O–H groups in total. The molecule has 0 spiro atoms. The number of benzene rings is 1. The van der Waals surface area contributed by atoms with E-state index in [2.05, 4.69) is 46.1 Å². The lowest BCUT2D eigenvalue weighted by molar-refractivity contribution is 0.805. The van der Waals surface area contributed by atoms with Crippen LogP contribution >= 0.6 is 0 Å². The number of aromatic nitrogens is 2. The van der Waals surface area contributed by atoms with Crippen LogP contribution in [0.2, 0.25) is 0 Å². The smallest absolute Gasteiger partial charge is 0.0997 e. The molecule has 16 heavy (non-hydrogen) atoms. The highest BCUT2D eigenvalue weighted by molar-refractivity contribution is 5.42. The van der Waals surface area contributed by atoms with Gasteiger partial charge >= 0.3 is 0 Å². The number of para-hydroxylation sites is 1. The summed E-state index contributed by atoms with van der Waals surface area (Å²) in [5, 5.41) is 3.19. The molecular formula is C13H17N3. The first-order chi connectivity index (χ1) is 7.74.